The molecule has 0 saturated carbocycles. The second-order valence-corrected chi connectivity index (χ2v) is 4.78. The van der Waals surface area contributed by atoms with E-state index < -0.39 is 11.8 Å². The molecule has 0 spiro atoms. The van der Waals surface area contributed by atoms with E-state index in [2.05, 4.69) is 0 Å². The summed E-state index contributed by atoms with van der Waals surface area (Å²) in [6.07, 6.45) is 0. The molecule has 0 fully saturated rings. The van der Waals surface area contributed by atoms with E-state index in [0.29, 0.717) is 5.56 Å². The van der Waals surface area contributed by atoms with Crippen LogP contribution < -0.4 is 5.73 Å². The molecule has 2 aromatic carbocycles. The minimum Gasteiger partial charge on any atom is -0.457 e. The Morgan fingerprint density at radius 3 is 2.60 bits per heavy atom. The van der Waals surface area contributed by atoms with Gasteiger partial charge in [-0.1, -0.05) is 41.4 Å². The lowest BCUT2D eigenvalue weighted by atomic mass is 10.2. The topological polar surface area (TPSA) is 52.3 Å². The van der Waals surface area contributed by atoms with Crippen LogP contribution in [0.4, 0.5) is 10.1 Å². The third kappa shape index (κ3) is 3.03. The van der Waals surface area contributed by atoms with Gasteiger partial charge in [0.15, 0.2) is 0 Å². The van der Waals surface area contributed by atoms with E-state index in [4.69, 9.17) is 33.7 Å². The van der Waals surface area contributed by atoms with Crippen molar-refractivity contribution in [2.45, 2.75) is 6.61 Å². The van der Waals surface area contributed by atoms with E-state index in [-0.39, 0.29) is 27.9 Å². The zero-order chi connectivity index (χ0) is 14.7. The Kier molecular flexibility index (Phi) is 4.47. The van der Waals surface area contributed by atoms with E-state index in [0.717, 1.165) is 0 Å². The number of nitrogen functional groups attached to an aromatic ring is 1. The predicted molar refractivity (Wildman–Crippen MR) is 76.4 cm³/mol. The fourth-order valence-corrected chi connectivity index (χ4v) is 2.07. The Morgan fingerprint density at radius 2 is 1.90 bits per heavy atom. The zero-order valence-corrected chi connectivity index (χ0v) is 11.7. The molecule has 0 bridgehead atoms. The first-order chi connectivity index (χ1) is 9.50. The normalized spacial score (nSPS) is 10.3. The molecule has 0 atom stereocenters. The van der Waals surface area contributed by atoms with Crippen molar-refractivity contribution in [3.05, 3.63) is 63.4 Å². The molecule has 104 valence electrons. The fraction of sp³-hybridized carbons (Fsp3) is 0.0714. The maximum atomic E-state index is 13.2. The van der Waals surface area contributed by atoms with Crippen molar-refractivity contribution in [3.63, 3.8) is 0 Å². The summed E-state index contributed by atoms with van der Waals surface area (Å²) in [6.45, 7) is -0.167. The highest BCUT2D eigenvalue weighted by atomic mass is 35.5. The van der Waals surface area contributed by atoms with Gasteiger partial charge >= 0.3 is 5.97 Å². The molecule has 0 aliphatic rings. The molecule has 6 heteroatoms. The van der Waals surface area contributed by atoms with Crippen LogP contribution in [0.5, 0.6) is 0 Å². The minimum absolute atomic E-state index is 0.0765. The number of benzene rings is 2. The third-order valence-corrected chi connectivity index (χ3v) is 3.38. The second-order valence-electron chi connectivity index (χ2n) is 3.99. The Hall–Kier alpha value is -1.78. The van der Waals surface area contributed by atoms with Crippen LogP contribution in [0.3, 0.4) is 0 Å². The van der Waals surface area contributed by atoms with Gasteiger partial charge in [-0.05, 0) is 18.2 Å². The van der Waals surface area contributed by atoms with Gasteiger partial charge in [0.2, 0.25) is 0 Å². The average molecular weight is 314 g/mol. The molecule has 3 nitrogen and oxygen atoms in total. The largest absolute Gasteiger partial charge is 0.457 e. The molecular formula is C14H10Cl2FNO2. The molecule has 0 heterocycles. The van der Waals surface area contributed by atoms with Gasteiger partial charge in [0, 0.05) is 11.3 Å². The van der Waals surface area contributed by atoms with E-state index in [9.17, 15) is 9.18 Å². The van der Waals surface area contributed by atoms with Crippen molar-refractivity contribution < 1.29 is 13.9 Å². The first-order valence-corrected chi connectivity index (χ1v) is 6.40. The van der Waals surface area contributed by atoms with E-state index in [1.165, 1.54) is 24.3 Å². The minimum atomic E-state index is -0.687. The Balaban J connectivity index is 2.15. The van der Waals surface area contributed by atoms with Crippen LogP contribution in [0.25, 0.3) is 0 Å². The summed E-state index contributed by atoms with van der Waals surface area (Å²) in [4.78, 5) is 11.9. The Morgan fingerprint density at radius 1 is 1.20 bits per heavy atom. The number of nitrogens with two attached hydrogens (primary N) is 1. The lowest BCUT2D eigenvalue weighted by molar-refractivity contribution is 0.0474. The van der Waals surface area contributed by atoms with Crippen LogP contribution in [0.1, 0.15) is 15.9 Å². The van der Waals surface area contributed by atoms with Gasteiger partial charge in [-0.15, -0.1) is 0 Å². The molecular weight excluding hydrogens is 304 g/mol. The van der Waals surface area contributed by atoms with Crippen LogP contribution in [0, 0.1) is 5.82 Å². The van der Waals surface area contributed by atoms with Gasteiger partial charge in [0.1, 0.15) is 18.0 Å². The highest BCUT2D eigenvalue weighted by Crippen LogP contribution is 2.24. The standard InChI is InChI=1S/C14H10Cl2FNO2/c15-9-4-2-6-11(18)12(9)14(19)20-7-8-3-1-5-10(17)13(8)16/h1-6H,7,18H2. The lowest BCUT2D eigenvalue weighted by Gasteiger charge is -2.09. The van der Waals surface area contributed by atoms with Gasteiger partial charge in [-0.3, -0.25) is 0 Å². The summed E-state index contributed by atoms with van der Waals surface area (Å²) in [7, 11) is 0. The van der Waals surface area contributed by atoms with Crippen molar-refractivity contribution in [1.82, 2.24) is 0 Å². The Bertz CT molecular complexity index is 641. The number of esters is 1. The van der Waals surface area contributed by atoms with Crippen LogP contribution in [0.15, 0.2) is 36.4 Å². The van der Waals surface area contributed by atoms with Crippen LogP contribution >= 0.6 is 23.2 Å². The second kappa shape index (κ2) is 6.11. The molecule has 0 unspecified atom stereocenters. The van der Waals surface area contributed by atoms with Gasteiger partial charge in [-0.25, -0.2) is 9.18 Å². The number of rotatable bonds is 3. The number of ether oxygens (including phenoxy) is 1. The molecule has 2 rings (SSSR count). The van der Waals surface area contributed by atoms with E-state index in [1.54, 1.807) is 12.1 Å². The first kappa shape index (κ1) is 14.6. The van der Waals surface area contributed by atoms with Crippen LogP contribution in [-0.4, -0.2) is 5.97 Å². The van der Waals surface area contributed by atoms with Crippen molar-refractivity contribution >= 4 is 34.9 Å². The number of carbonyl (C=O) groups excluding carboxylic acids is 1. The summed E-state index contributed by atoms with van der Waals surface area (Å²) in [5, 5.41) is 0.118. The molecule has 2 N–H and O–H groups in total. The van der Waals surface area contributed by atoms with Crippen molar-refractivity contribution in [2.24, 2.45) is 0 Å². The summed E-state index contributed by atoms with van der Waals surface area (Å²) in [6, 6.07) is 8.96. The number of hydrogen-bond donors (Lipinski definition) is 1. The molecule has 20 heavy (non-hydrogen) atoms. The highest BCUT2D eigenvalue weighted by molar-refractivity contribution is 6.34. The zero-order valence-electron chi connectivity index (χ0n) is 10.2. The van der Waals surface area contributed by atoms with Gasteiger partial charge in [0.25, 0.3) is 0 Å². The molecule has 0 amide bonds. The maximum absolute atomic E-state index is 13.2. The molecule has 0 aromatic heterocycles. The molecule has 0 radical (unpaired) electrons. The maximum Gasteiger partial charge on any atom is 0.342 e. The van der Waals surface area contributed by atoms with E-state index >= 15 is 0 Å². The molecule has 0 aliphatic carbocycles. The SMILES string of the molecule is Nc1cccc(Cl)c1C(=O)OCc1cccc(F)c1Cl. The summed E-state index contributed by atoms with van der Waals surface area (Å²) < 4.78 is 18.3. The summed E-state index contributed by atoms with van der Waals surface area (Å²) in [5.41, 5.74) is 6.34. The lowest BCUT2D eigenvalue weighted by Crippen LogP contribution is -2.09. The van der Waals surface area contributed by atoms with Crippen molar-refractivity contribution in [2.75, 3.05) is 5.73 Å². The quantitative estimate of drug-likeness (QED) is 0.686. The van der Waals surface area contributed by atoms with Gasteiger partial charge < -0.3 is 10.5 Å². The monoisotopic (exact) mass is 313 g/mol. The number of carbonyl (C=O) groups is 1. The van der Waals surface area contributed by atoms with Gasteiger partial charge in [0.05, 0.1) is 10.0 Å². The average Bonchev–Trinajstić information content (AvgIpc) is 2.40. The Labute approximate surface area is 125 Å². The first-order valence-electron chi connectivity index (χ1n) is 5.64. The van der Waals surface area contributed by atoms with Gasteiger partial charge in [-0.2, -0.15) is 0 Å². The number of anilines is 1. The highest BCUT2D eigenvalue weighted by Gasteiger charge is 2.16. The van der Waals surface area contributed by atoms with Crippen molar-refractivity contribution in [1.29, 1.82) is 0 Å². The third-order valence-electron chi connectivity index (χ3n) is 2.64. The molecule has 0 saturated heterocycles. The van der Waals surface area contributed by atoms with E-state index in [1.807, 2.05) is 0 Å². The smallest absolute Gasteiger partial charge is 0.342 e. The number of halogens is 3. The predicted octanol–water partition coefficient (Wildman–Crippen LogP) is 4.07. The summed E-state index contributed by atoms with van der Waals surface area (Å²) in [5.74, 6) is -1.26. The fourth-order valence-electron chi connectivity index (χ4n) is 1.63. The summed E-state index contributed by atoms with van der Waals surface area (Å²) >= 11 is 11.7. The molecule has 0 aliphatic heterocycles. The van der Waals surface area contributed by atoms with Crippen LogP contribution in [0.2, 0.25) is 10.0 Å². The number of hydrogen-bond acceptors (Lipinski definition) is 3. The van der Waals surface area contributed by atoms with Crippen LogP contribution in [-0.2, 0) is 11.3 Å². The molecule has 2 aromatic rings. The van der Waals surface area contributed by atoms with Crippen molar-refractivity contribution in [3.8, 4) is 0 Å².